The minimum absolute atomic E-state index is 0. The van der Waals surface area contributed by atoms with E-state index in [1.54, 1.807) is 43.3 Å². The van der Waals surface area contributed by atoms with Gasteiger partial charge < -0.3 is 35.0 Å². The van der Waals surface area contributed by atoms with Crippen molar-refractivity contribution in [3.05, 3.63) is 258 Å². The second-order valence-corrected chi connectivity index (χ2v) is 24.3. The summed E-state index contributed by atoms with van der Waals surface area (Å²) in [6, 6.07) is 67.5. The van der Waals surface area contributed by atoms with Gasteiger partial charge in [0.2, 0.25) is 0 Å². The average Bonchev–Trinajstić information content (AvgIpc) is 4.38. The molecule has 7 aromatic carbocycles. The molecule has 0 radical (unpaired) electrons. The minimum Gasteiger partial charge on any atom is -0.396 e. The number of hydrogen-bond donors (Lipinski definition) is 4. The predicted molar refractivity (Wildman–Crippen MR) is 340 cm³/mol. The SMILES string of the molecule is C=C(C)C.C=C(C)c1c[c-]ccc1.CB(C)c1c[c-]ccc1.CC(O)(CO)c1c[c-]ccc1.CC1(c2c[c-]ccc2)CO1.CN(C)CC(C)(O)c1c[c-]ccc1.Cc1ccc(S(=O)(=O)Cl)cc1.Cc1cccc(C(C)(O)CN(C)C)c1.[W].[W].[W].[W].[W]. The Morgan fingerprint density at radius 1 is 0.605 bits per heavy atom. The van der Waals surface area contributed by atoms with Gasteiger partial charge in [-0.25, -0.2) is 8.42 Å². The van der Waals surface area contributed by atoms with Crippen LogP contribution in [-0.4, -0.2) is 99.9 Å². The summed E-state index contributed by atoms with van der Waals surface area (Å²) in [6.07, 6.45) is 0. The van der Waals surface area contributed by atoms with E-state index in [0.29, 0.717) is 25.4 Å². The standard InChI is InChI=1S/C12H19NO.C11H16NO.C9H11O2.C9H9O.C9H9.C8H10B.C7H7ClO2S.C4H8.5W/c1-10-6-5-7-11(8-10)12(2,14)9-13(3)4;1-11(13,9-12(2)3)10-7-5-4-6-8-10;1-9(11,7-10)8-5-3-2-4-6-8;1-9(7-10-9)8-5-3-2-4-6-8;1-8(2)9-6-4-3-5-7-9;1-9(2)8-6-4-3-5-7-8;1-6-2-4-7(5-3-6)11(8,9)10;1-4(2)3;;;;;/h5-8,14H,9H2,1-4H3;4-5,7-8,13H,9H2,1-3H3;2-3,5-6,10-11H,7H2,1H3;2-3,5-6H,7H2,1H3;3-4,6-7H,1H2,2H3;3-4,6-7H,1-2H3;2-5H,1H3;1H2,2-3H3;;;;;/q;5*-1;;;;;;;. The van der Waals surface area contributed by atoms with Gasteiger partial charge in [-0.15, -0.1) is 41.0 Å². The Morgan fingerprint density at radius 2 is 1.00 bits per heavy atom. The quantitative estimate of drug-likeness (QED) is 0.0310. The van der Waals surface area contributed by atoms with Crippen LogP contribution in [0.4, 0.5) is 0 Å². The molecule has 1 fully saturated rings. The van der Waals surface area contributed by atoms with Crippen LogP contribution in [0.3, 0.4) is 0 Å². The van der Waals surface area contributed by atoms with E-state index < -0.39 is 25.9 Å². The Hall–Kier alpha value is -2.51. The Labute approximate surface area is 595 Å². The van der Waals surface area contributed by atoms with Crippen LogP contribution in [0.1, 0.15) is 87.4 Å². The number of halogens is 1. The van der Waals surface area contributed by atoms with Crippen LogP contribution in [0.5, 0.6) is 0 Å². The zero-order valence-corrected chi connectivity index (χ0v) is 69.0. The van der Waals surface area contributed by atoms with E-state index in [1.165, 1.54) is 34.3 Å². The van der Waals surface area contributed by atoms with Gasteiger partial charge in [0.15, 0.2) is 0 Å². The molecule has 0 amide bonds. The van der Waals surface area contributed by atoms with Crippen molar-refractivity contribution < 1.29 is 139 Å². The summed E-state index contributed by atoms with van der Waals surface area (Å²) >= 11 is 0. The molecular formula is C69H89BClN2O7SW5-5. The van der Waals surface area contributed by atoms with Crippen molar-refractivity contribution in [3.8, 4) is 0 Å². The Balaban J connectivity index is -0.000000292. The summed E-state index contributed by atoms with van der Waals surface area (Å²) in [6.45, 7) is 31.4. The van der Waals surface area contributed by atoms with Gasteiger partial charge in [0.1, 0.15) is 0 Å². The second-order valence-electron chi connectivity index (χ2n) is 21.7. The maximum atomic E-state index is 10.7. The van der Waals surface area contributed by atoms with Crippen LogP contribution in [-0.2, 0) is 142 Å². The van der Waals surface area contributed by atoms with Gasteiger partial charge in [-0.2, -0.15) is 157 Å². The third kappa shape index (κ3) is 41.0. The first kappa shape index (κ1) is 92.2. The molecule has 7 aromatic rings. The number of rotatable bonds is 12. The first-order valence-electron chi connectivity index (χ1n) is 26.7. The fraction of sp³-hybridized carbons (Fsp3) is 0.333. The van der Waals surface area contributed by atoms with E-state index in [2.05, 4.69) is 76.2 Å². The predicted octanol–water partition coefficient (Wildman–Crippen LogP) is 12.9. The van der Waals surface area contributed by atoms with Crippen LogP contribution >= 0.6 is 10.7 Å². The number of aryl methyl sites for hydroxylation is 2. The zero-order chi connectivity index (χ0) is 61.5. The van der Waals surface area contributed by atoms with E-state index in [4.69, 9.17) is 20.5 Å². The number of hydrogen-bond acceptors (Lipinski definition) is 9. The van der Waals surface area contributed by atoms with Crippen LogP contribution in [0, 0.1) is 44.2 Å². The Bertz CT molecular complexity index is 2940. The van der Waals surface area contributed by atoms with Crippen molar-refractivity contribution in [2.75, 3.05) is 54.5 Å². The van der Waals surface area contributed by atoms with Gasteiger partial charge in [0.05, 0.1) is 47.2 Å². The maximum Gasteiger partial charge on any atom is 0.261 e. The molecule has 1 heterocycles. The Morgan fingerprint density at radius 3 is 1.30 bits per heavy atom. The number of aliphatic hydroxyl groups excluding tert-OH is 1. The number of nitrogens with zero attached hydrogens (tertiary/aromatic N) is 2. The molecule has 0 spiro atoms. The Kier molecular flexibility index (Phi) is 50.8. The molecule has 1 aliphatic rings. The number of likely N-dealkylation sites (N-methyl/N-ethyl adjacent to an activating group) is 2. The fourth-order valence-electron chi connectivity index (χ4n) is 7.07. The van der Waals surface area contributed by atoms with E-state index in [0.717, 1.165) is 34.4 Å². The first-order valence-corrected chi connectivity index (χ1v) is 29.0. The van der Waals surface area contributed by atoms with E-state index in [9.17, 15) is 23.7 Å². The minimum atomic E-state index is -3.55. The zero-order valence-electron chi connectivity index (χ0n) is 52.7. The second kappa shape index (κ2) is 47.4. The van der Waals surface area contributed by atoms with Gasteiger partial charge >= 0.3 is 0 Å². The van der Waals surface area contributed by atoms with Gasteiger partial charge in [-0.1, -0.05) is 73.7 Å². The molecular weight excluding hydrogens is 1970 g/mol. The summed E-state index contributed by atoms with van der Waals surface area (Å²) in [4.78, 5) is 4.10. The fourth-order valence-corrected chi connectivity index (χ4v) is 7.84. The van der Waals surface area contributed by atoms with E-state index in [-0.39, 0.29) is 122 Å². The van der Waals surface area contributed by atoms with Crippen LogP contribution in [0.15, 0.2) is 193 Å². The molecule has 17 heteroatoms. The molecule has 8 rings (SSSR count). The monoisotopic (exact) mass is 2060 g/mol. The van der Waals surface area contributed by atoms with Crippen LogP contribution < -0.4 is 5.46 Å². The molecule has 1 aliphatic heterocycles. The molecule has 4 N–H and O–H groups in total. The number of ether oxygens (including phenoxy) is 1. The summed E-state index contributed by atoms with van der Waals surface area (Å²) < 4.78 is 26.7. The van der Waals surface area contributed by atoms with E-state index >= 15 is 0 Å². The summed E-state index contributed by atoms with van der Waals surface area (Å²) in [5.74, 6) is 0. The normalized spacial score (nSPS) is 14.1. The molecule has 0 aromatic heterocycles. The molecule has 1 saturated heterocycles. The topological polar surface area (TPSA) is 134 Å². The van der Waals surface area contributed by atoms with Crippen molar-refractivity contribution in [2.24, 2.45) is 0 Å². The van der Waals surface area contributed by atoms with Gasteiger partial charge in [-0.3, -0.25) is 0 Å². The average molecular weight is 2060 g/mol. The van der Waals surface area contributed by atoms with Crippen LogP contribution in [0.2, 0.25) is 13.6 Å². The molecule has 468 valence electrons. The molecule has 9 nitrogen and oxygen atoms in total. The third-order valence-electron chi connectivity index (χ3n) is 11.6. The van der Waals surface area contributed by atoms with Gasteiger partial charge in [0, 0.05) is 129 Å². The molecule has 0 saturated carbocycles. The van der Waals surface area contributed by atoms with Crippen molar-refractivity contribution >= 4 is 37.5 Å². The smallest absolute Gasteiger partial charge is 0.261 e. The van der Waals surface area contributed by atoms with Crippen molar-refractivity contribution in [2.45, 2.75) is 103 Å². The molecule has 4 unspecified atom stereocenters. The number of benzene rings is 7. The summed E-state index contributed by atoms with van der Waals surface area (Å²) in [7, 11) is 9.35. The number of epoxide rings is 1. The molecule has 0 aliphatic carbocycles. The molecule has 0 bridgehead atoms. The summed E-state index contributed by atoms with van der Waals surface area (Å²) in [5, 5.41) is 38.6. The van der Waals surface area contributed by atoms with Crippen molar-refractivity contribution in [1.29, 1.82) is 0 Å². The van der Waals surface area contributed by atoms with Gasteiger partial charge in [0.25, 0.3) is 9.05 Å². The third-order valence-corrected chi connectivity index (χ3v) is 13.0. The molecule has 4 atom stereocenters. The number of allylic oxidation sites excluding steroid dienone is 2. The maximum absolute atomic E-state index is 10.7. The number of aliphatic hydroxyl groups is 4. The first-order chi connectivity index (χ1) is 37.8. The van der Waals surface area contributed by atoms with Crippen molar-refractivity contribution in [3.63, 3.8) is 0 Å². The molecule has 86 heavy (non-hydrogen) atoms. The van der Waals surface area contributed by atoms with E-state index in [1.807, 2.05) is 196 Å². The van der Waals surface area contributed by atoms with Gasteiger partial charge in [-0.05, 0) is 101 Å². The van der Waals surface area contributed by atoms with Crippen LogP contribution in [0.25, 0.3) is 5.57 Å². The largest absolute Gasteiger partial charge is 0.396 e. The summed E-state index contributed by atoms with van der Waals surface area (Å²) in [5.41, 5.74) is 8.08. The van der Waals surface area contributed by atoms with Crippen molar-refractivity contribution in [1.82, 2.24) is 9.80 Å².